The maximum atomic E-state index is 9.99. The zero-order chi connectivity index (χ0) is 12.2. The van der Waals surface area contributed by atoms with Crippen LogP contribution >= 0.6 is 0 Å². The van der Waals surface area contributed by atoms with Crippen LogP contribution in [0, 0.1) is 0 Å². The highest BCUT2D eigenvalue weighted by Crippen LogP contribution is 2.19. The van der Waals surface area contributed by atoms with Crippen LogP contribution in [-0.4, -0.2) is 8.42 Å². The maximum absolute atomic E-state index is 9.99. The number of anilines is 1. The Labute approximate surface area is 99.4 Å². The topological polar surface area (TPSA) is 60.2 Å². The molecule has 6 heteroatoms. The molecular formula is C11H13F2NO2S. The first-order valence-corrected chi connectivity index (χ1v) is 5.54. The lowest BCUT2D eigenvalue weighted by Gasteiger charge is -1.98. The van der Waals surface area contributed by atoms with Gasteiger partial charge in [0.2, 0.25) is 0 Å². The fourth-order valence-corrected chi connectivity index (χ4v) is 1.25. The fraction of sp³-hybridized carbons (Fsp3) is 0.0909. The molecule has 0 bridgehead atoms. The molecular weight excluding hydrogens is 248 g/mol. The van der Waals surface area contributed by atoms with Crippen molar-refractivity contribution in [3.8, 4) is 0 Å². The third-order valence-corrected chi connectivity index (χ3v) is 1.82. The van der Waals surface area contributed by atoms with Gasteiger partial charge in [-0.05, 0) is 11.5 Å². The van der Waals surface area contributed by atoms with Crippen molar-refractivity contribution in [1.29, 1.82) is 0 Å². The van der Waals surface area contributed by atoms with Crippen LogP contribution in [-0.2, 0) is 10.6 Å². The van der Waals surface area contributed by atoms with Gasteiger partial charge in [-0.25, -0.2) is 0 Å². The molecule has 17 heavy (non-hydrogen) atoms. The highest BCUT2D eigenvalue weighted by molar-refractivity contribution is 7.81. The summed E-state index contributed by atoms with van der Waals surface area (Å²) in [4.78, 5) is 0. The van der Waals surface area contributed by atoms with Gasteiger partial charge in [0.05, 0.1) is 0 Å². The molecule has 0 atom stereocenters. The Bertz CT molecular complexity index is 572. The SMILES string of the molecule is C.Nc1cccc2ccccc12.O=S(=O)(F)F. The van der Waals surface area contributed by atoms with Crippen LogP contribution in [0.25, 0.3) is 10.8 Å². The zero-order valence-corrected chi connectivity index (χ0v) is 8.92. The van der Waals surface area contributed by atoms with E-state index in [1.807, 2.05) is 30.3 Å². The summed E-state index contributed by atoms with van der Waals surface area (Å²) in [5.41, 5.74) is 6.61. The Hall–Kier alpha value is -1.69. The summed E-state index contributed by atoms with van der Waals surface area (Å²) in [7, 11) is -5.67. The third-order valence-electron chi connectivity index (χ3n) is 1.82. The predicted molar refractivity (Wildman–Crippen MR) is 66.2 cm³/mol. The summed E-state index contributed by atoms with van der Waals surface area (Å²) >= 11 is 0. The Morgan fingerprint density at radius 3 is 1.94 bits per heavy atom. The number of halogens is 2. The van der Waals surface area contributed by atoms with E-state index in [0.717, 1.165) is 11.1 Å². The number of rotatable bonds is 0. The van der Waals surface area contributed by atoms with Crippen LogP contribution in [0.1, 0.15) is 7.43 Å². The quantitative estimate of drug-likeness (QED) is 0.585. The van der Waals surface area contributed by atoms with Crippen molar-refractivity contribution in [2.24, 2.45) is 0 Å². The van der Waals surface area contributed by atoms with Crippen LogP contribution in [0.5, 0.6) is 0 Å². The molecule has 2 aromatic carbocycles. The van der Waals surface area contributed by atoms with E-state index in [1.54, 1.807) is 0 Å². The Morgan fingerprint density at radius 2 is 1.41 bits per heavy atom. The van der Waals surface area contributed by atoms with E-state index in [-0.39, 0.29) is 7.43 Å². The minimum Gasteiger partial charge on any atom is -0.398 e. The number of fused-ring (bicyclic) bond motifs is 1. The summed E-state index contributed by atoms with van der Waals surface area (Å²) in [6, 6.07) is 14.1. The van der Waals surface area contributed by atoms with Gasteiger partial charge >= 0.3 is 10.6 Å². The smallest absolute Gasteiger partial charge is 0.398 e. The molecule has 0 fully saturated rings. The first kappa shape index (κ1) is 15.3. The molecule has 0 unspecified atom stereocenters. The molecule has 0 aromatic heterocycles. The van der Waals surface area contributed by atoms with E-state index in [2.05, 4.69) is 12.1 Å². The predicted octanol–water partition coefficient (Wildman–Crippen LogP) is 3.23. The van der Waals surface area contributed by atoms with Gasteiger partial charge in [0.1, 0.15) is 0 Å². The Balaban J connectivity index is 0.000000373. The number of benzene rings is 2. The summed E-state index contributed by atoms with van der Waals surface area (Å²) in [5, 5.41) is 2.34. The molecule has 0 spiro atoms. The van der Waals surface area contributed by atoms with E-state index in [4.69, 9.17) is 14.2 Å². The number of hydrogen-bond acceptors (Lipinski definition) is 3. The molecule has 2 aromatic rings. The normalized spacial score (nSPS) is 10.0. The van der Waals surface area contributed by atoms with Crippen LogP contribution < -0.4 is 5.73 Å². The van der Waals surface area contributed by atoms with Crippen LogP contribution in [0.15, 0.2) is 42.5 Å². The average Bonchev–Trinajstić information content (AvgIpc) is 2.16. The standard InChI is InChI=1S/C10H9N.CH4.F2O2S/c11-10-7-3-5-8-4-1-2-6-9(8)10;;1-5(2,3)4/h1-7H,11H2;1H4;. The van der Waals surface area contributed by atoms with Gasteiger partial charge in [-0.3, -0.25) is 0 Å². The van der Waals surface area contributed by atoms with E-state index in [0.29, 0.717) is 0 Å². The molecule has 0 amide bonds. The summed E-state index contributed by atoms with van der Waals surface area (Å²) < 4.78 is 36.6. The van der Waals surface area contributed by atoms with Crippen molar-refractivity contribution in [3.05, 3.63) is 42.5 Å². The van der Waals surface area contributed by atoms with Gasteiger partial charge in [0.25, 0.3) is 0 Å². The maximum Gasteiger partial charge on any atom is 0.476 e. The second-order valence-electron chi connectivity index (χ2n) is 2.95. The number of hydrogen-bond donors (Lipinski definition) is 1. The second-order valence-corrected chi connectivity index (χ2v) is 3.70. The average molecular weight is 261 g/mol. The summed E-state index contributed by atoms with van der Waals surface area (Å²) in [6.45, 7) is 0. The molecule has 2 rings (SSSR count). The minimum absolute atomic E-state index is 0. The van der Waals surface area contributed by atoms with E-state index >= 15 is 0 Å². The first-order chi connectivity index (χ1) is 7.38. The van der Waals surface area contributed by atoms with E-state index in [1.165, 1.54) is 5.39 Å². The van der Waals surface area contributed by atoms with Crippen LogP contribution in [0.3, 0.4) is 0 Å². The third kappa shape index (κ3) is 5.82. The molecule has 0 saturated carbocycles. The Morgan fingerprint density at radius 1 is 0.941 bits per heavy atom. The van der Waals surface area contributed by atoms with Gasteiger partial charge < -0.3 is 5.73 Å². The summed E-state index contributed by atoms with van der Waals surface area (Å²) in [6.07, 6.45) is 0. The Kier molecular flexibility index (Phi) is 5.53. The first-order valence-electron chi connectivity index (χ1n) is 4.25. The van der Waals surface area contributed by atoms with Crippen molar-refractivity contribution in [1.82, 2.24) is 0 Å². The summed E-state index contributed by atoms with van der Waals surface area (Å²) in [5.74, 6) is 0. The van der Waals surface area contributed by atoms with E-state index < -0.39 is 10.6 Å². The molecule has 0 radical (unpaired) electrons. The van der Waals surface area contributed by atoms with Crippen molar-refractivity contribution in [2.45, 2.75) is 7.43 Å². The van der Waals surface area contributed by atoms with Gasteiger partial charge in [-0.2, -0.15) is 8.42 Å². The molecule has 3 nitrogen and oxygen atoms in total. The number of nitrogens with two attached hydrogens (primary N) is 1. The molecule has 2 N–H and O–H groups in total. The second kappa shape index (κ2) is 6.15. The van der Waals surface area contributed by atoms with Crippen LogP contribution in [0.4, 0.5) is 13.5 Å². The molecule has 0 aliphatic carbocycles. The van der Waals surface area contributed by atoms with E-state index in [9.17, 15) is 7.77 Å². The van der Waals surface area contributed by atoms with Gasteiger partial charge in [0, 0.05) is 11.1 Å². The van der Waals surface area contributed by atoms with Gasteiger partial charge in [0.15, 0.2) is 0 Å². The molecule has 0 aliphatic rings. The molecule has 0 saturated heterocycles. The molecule has 94 valence electrons. The van der Waals surface area contributed by atoms with Crippen molar-refractivity contribution in [2.75, 3.05) is 5.73 Å². The molecule has 0 aliphatic heterocycles. The van der Waals surface area contributed by atoms with Crippen molar-refractivity contribution in [3.63, 3.8) is 0 Å². The fourth-order valence-electron chi connectivity index (χ4n) is 1.25. The monoisotopic (exact) mass is 261 g/mol. The molecule has 0 heterocycles. The van der Waals surface area contributed by atoms with Crippen molar-refractivity contribution >= 4 is 27.1 Å². The highest BCUT2D eigenvalue weighted by Gasteiger charge is 1.94. The lowest BCUT2D eigenvalue weighted by Crippen LogP contribution is -1.84. The minimum atomic E-state index is -5.67. The van der Waals surface area contributed by atoms with Crippen LogP contribution in [0.2, 0.25) is 0 Å². The van der Waals surface area contributed by atoms with Gasteiger partial charge in [-0.1, -0.05) is 51.6 Å². The number of nitrogen functional groups attached to an aromatic ring is 1. The van der Waals surface area contributed by atoms with Crippen molar-refractivity contribution < 1.29 is 16.2 Å². The largest absolute Gasteiger partial charge is 0.476 e. The highest BCUT2D eigenvalue weighted by atomic mass is 32.3. The zero-order valence-electron chi connectivity index (χ0n) is 8.10. The van der Waals surface area contributed by atoms with Gasteiger partial charge in [-0.15, -0.1) is 0 Å². The lowest BCUT2D eigenvalue weighted by molar-refractivity contribution is 0.501. The lowest BCUT2D eigenvalue weighted by atomic mass is 10.1.